The van der Waals surface area contributed by atoms with Crippen LogP contribution in [-0.2, 0) is 16.0 Å². The van der Waals surface area contributed by atoms with Gasteiger partial charge in [-0.05, 0) is 36.2 Å². The molecule has 0 bridgehead atoms. The van der Waals surface area contributed by atoms with E-state index in [1.54, 1.807) is 24.3 Å². The molecule has 0 atom stereocenters. The highest BCUT2D eigenvalue weighted by Crippen LogP contribution is 2.08. The Kier molecular flexibility index (Phi) is 5.50. The van der Waals surface area contributed by atoms with Gasteiger partial charge in [-0.25, -0.2) is 0 Å². The number of carbonyl (C=O) groups excluding carboxylic acids is 1. The van der Waals surface area contributed by atoms with Crippen LogP contribution in [0.15, 0.2) is 54.6 Å². The van der Waals surface area contributed by atoms with Gasteiger partial charge >= 0.3 is 0 Å². The van der Waals surface area contributed by atoms with E-state index < -0.39 is 0 Å². The summed E-state index contributed by atoms with van der Waals surface area (Å²) in [6, 6.07) is 18.7. The molecule has 0 aromatic heterocycles. The second-order valence-corrected chi connectivity index (χ2v) is 4.53. The molecule has 0 spiro atoms. The van der Waals surface area contributed by atoms with Crippen molar-refractivity contribution in [3.8, 4) is 6.07 Å². The maximum atomic E-state index is 11.7. The minimum atomic E-state index is -0.201. The Morgan fingerprint density at radius 3 is 2.48 bits per heavy atom. The SMILES string of the molecule is N#Cc1ccc(NC(=O)COCCc2ccccc2)cc1. The Balaban J connectivity index is 1.69. The lowest BCUT2D eigenvalue weighted by molar-refractivity contribution is -0.120. The summed E-state index contributed by atoms with van der Waals surface area (Å²) in [7, 11) is 0. The van der Waals surface area contributed by atoms with Crippen molar-refractivity contribution in [2.75, 3.05) is 18.5 Å². The Morgan fingerprint density at radius 1 is 1.10 bits per heavy atom. The average molecular weight is 280 g/mol. The van der Waals surface area contributed by atoms with Crippen molar-refractivity contribution in [2.45, 2.75) is 6.42 Å². The molecule has 21 heavy (non-hydrogen) atoms. The van der Waals surface area contributed by atoms with Crippen LogP contribution in [0.2, 0.25) is 0 Å². The highest BCUT2D eigenvalue weighted by atomic mass is 16.5. The Morgan fingerprint density at radius 2 is 1.81 bits per heavy atom. The van der Waals surface area contributed by atoms with Gasteiger partial charge < -0.3 is 10.1 Å². The highest BCUT2D eigenvalue weighted by molar-refractivity contribution is 5.91. The highest BCUT2D eigenvalue weighted by Gasteiger charge is 2.02. The van der Waals surface area contributed by atoms with Crippen LogP contribution in [0.1, 0.15) is 11.1 Å². The van der Waals surface area contributed by atoms with E-state index in [0.717, 1.165) is 6.42 Å². The molecule has 0 aliphatic heterocycles. The van der Waals surface area contributed by atoms with Gasteiger partial charge in [-0.1, -0.05) is 30.3 Å². The van der Waals surface area contributed by atoms with Gasteiger partial charge in [0.25, 0.3) is 0 Å². The average Bonchev–Trinajstić information content (AvgIpc) is 2.53. The summed E-state index contributed by atoms with van der Waals surface area (Å²) < 4.78 is 5.35. The third-order valence-electron chi connectivity index (χ3n) is 2.91. The van der Waals surface area contributed by atoms with Crippen LogP contribution in [0.5, 0.6) is 0 Å². The van der Waals surface area contributed by atoms with Crippen LogP contribution >= 0.6 is 0 Å². The fourth-order valence-corrected chi connectivity index (χ4v) is 1.82. The van der Waals surface area contributed by atoms with Crippen LogP contribution in [0.3, 0.4) is 0 Å². The number of benzene rings is 2. The summed E-state index contributed by atoms with van der Waals surface area (Å²) in [5.74, 6) is -0.201. The van der Waals surface area contributed by atoms with Gasteiger partial charge in [0.1, 0.15) is 6.61 Å². The van der Waals surface area contributed by atoms with Crippen molar-refractivity contribution in [3.05, 3.63) is 65.7 Å². The molecule has 0 unspecified atom stereocenters. The zero-order valence-corrected chi connectivity index (χ0v) is 11.6. The summed E-state index contributed by atoms with van der Waals surface area (Å²) >= 11 is 0. The predicted molar refractivity (Wildman–Crippen MR) is 80.8 cm³/mol. The number of anilines is 1. The maximum absolute atomic E-state index is 11.7. The van der Waals surface area contributed by atoms with Crippen molar-refractivity contribution in [2.24, 2.45) is 0 Å². The number of rotatable bonds is 6. The van der Waals surface area contributed by atoms with Gasteiger partial charge in [0.15, 0.2) is 0 Å². The quantitative estimate of drug-likeness (QED) is 0.828. The van der Waals surface area contributed by atoms with Crippen LogP contribution in [0.25, 0.3) is 0 Å². The molecule has 1 amide bonds. The number of nitriles is 1. The normalized spacial score (nSPS) is 9.86. The summed E-state index contributed by atoms with van der Waals surface area (Å²) in [6.07, 6.45) is 0.783. The van der Waals surface area contributed by atoms with Crippen molar-refractivity contribution < 1.29 is 9.53 Å². The zero-order chi connectivity index (χ0) is 14.9. The van der Waals surface area contributed by atoms with Crippen LogP contribution in [0, 0.1) is 11.3 Å². The van der Waals surface area contributed by atoms with Crippen LogP contribution < -0.4 is 5.32 Å². The lowest BCUT2D eigenvalue weighted by Crippen LogP contribution is -2.19. The van der Waals surface area contributed by atoms with E-state index in [9.17, 15) is 4.79 Å². The molecule has 2 aromatic carbocycles. The monoisotopic (exact) mass is 280 g/mol. The molecule has 106 valence electrons. The van der Waals surface area contributed by atoms with Gasteiger partial charge in [-0.2, -0.15) is 5.26 Å². The van der Waals surface area contributed by atoms with Crippen molar-refractivity contribution in [3.63, 3.8) is 0 Å². The molecule has 0 aliphatic carbocycles. The van der Waals surface area contributed by atoms with Crippen LogP contribution in [-0.4, -0.2) is 19.1 Å². The van der Waals surface area contributed by atoms with E-state index in [1.807, 2.05) is 36.4 Å². The predicted octanol–water partition coefficient (Wildman–Crippen LogP) is 2.76. The minimum Gasteiger partial charge on any atom is -0.371 e. The topological polar surface area (TPSA) is 62.1 Å². The van der Waals surface area contributed by atoms with E-state index in [-0.39, 0.29) is 12.5 Å². The first kappa shape index (κ1) is 14.8. The third kappa shape index (κ3) is 5.09. The van der Waals surface area contributed by atoms with Crippen molar-refractivity contribution in [1.82, 2.24) is 0 Å². The molecular weight excluding hydrogens is 264 g/mol. The van der Waals surface area contributed by atoms with Gasteiger partial charge in [0.05, 0.1) is 18.2 Å². The first-order valence-corrected chi connectivity index (χ1v) is 6.69. The molecule has 0 radical (unpaired) electrons. The van der Waals surface area contributed by atoms with Gasteiger partial charge in [0.2, 0.25) is 5.91 Å². The molecule has 0 saturated heterocycles. The number of amides is 1. The molecule has 0 saturated carbocycles. The third-order valence-corrected chi connectivity index (χ3v) is 2.91. The summed E-state index contributed by atoms with van der Waals surface area (Å²) in [6.45, 7) is 0.525. The molecule has 0 fully saturated rings. The van der Waals surface area contributed by atoms with E-state index in [2.05, 4.69) is 5.32 Å². The van der Waals surface area contributed by atoms with E-state index in [4.69, 9.17) is 10.00 Å². The smallest absolute Gasteiger partial charge is 0.250 e. The largest absolute Gasteiger partial charge is 0.371 e. The lowest BCUT2D eigenvalue weighted by atomic mass is 10.2. The molecule has 1 N–H and O–H groups in total. The molecule has 2 rings (SSSR count). The van der Waals surface area contributed by atoms with Crippen molar-refractivity contribution >= 4 is 11.6 Å². The maximum Gasteiger partial charge on any atom is 0.250 e. The zero-order valence-electron chi connectivity index (χ0n) is 11.6. The summed E-state index contributed by atoms with van der Waals surface area (Å²) in [5.41, 5.74) is 2.41. The first-order chi connectivity index (χ1) is 10.3. The molecule has 4 nitrogen and oxygen atoms in total. The minimum absolute atomic E-state index is 0.0207. The van der Waals surface area contributed by atoms with Gasteiger partial charge in [-0.15, -0.1) is 0 Å². The second-order valence-electron chi connectivity index (χ2n) is 4.53. The van der Waals surface area contributed by atoms with E-state index in [1.165, 1.54) is 5.56 Å². The Labute approximate surface area is 124 Å². The van der Waals surface area contributed by atoms with E-state index in [0.29, 0.717) is 17.9 Å². The number of nitrogens with zero attached hydrogens (tertiary/aromatic N) is 1. The van der Waals surface area contributed by atoms with Crippen LogP contribution in [0.4, 0.5) is 5.69 Å². The molecule has 0 heterocycles. The van der Waals surface area contributed by atoms with Gasteiger partial charge in [0, 0.05) is 5.69 Å². The summed E-state index contributed by atoms with van der Waals surface area (Å²) in [5, 5.41) is 11.4. The molecular formula is C17H16N2O2. The molecule has 4 heteroatoms. The fourth-order valence-electron chi connectivity index (χ4n) is 1.82. The standard InChI is InChI=1S/C17H16N2O2/c18-12-15-6-8-16(9-7-15)19-17(20)13-21-11-10-14-4-2-1-3-5-14/h1-9H,10-11,13H2,(H,19,20). The van der Waals surface area contributed by atoms with Gasteiger partial charge in [-0.3, -0.25) is 4.79 Å². The molecule has 2 aromatic rings. The Hall–Kier alpha value is -2.64. The first-order valence-electron chi connectivity index (χ1n) is 6.69. The number of hydrogen-bond acceptors (Lipinski definition) is 3. The molecule has 0 aliphatic rings. The number of nitrogens with one attached hydrogen (secondary N) is 1. The number of ether oxygens (including phenoxy) is 1. The Bertz CT molecular complexity index is 615. The van der Waals surface area contributed by atoms with Crippen molar-refractivity contribution in [1.29, 1.82) is 5.26 Å². The number of carbonyl (C=O) groups is 1. The second kappa shape index (κ2) is 7.83. The lowest BCUT2D eigenvalue weighted by Gasteiger charge is -2.06. The fraction of sp³-hybridized carbons (Fsp3) is 0.176. The summed E-state index contributed by atoms with van der Waals surface area (Å²) in [4.78, 5) is 11.7. The van der Waals surface area contributed by atoms with E-state index >= 15 is 0 Å². The number of hydrogen-bond donors (Lipinski definition) is 1.